The number of carbonyl (C=O) groups is 1. The lowest BCUT2D eigenvalue weighted by Crippen LogP contribution is -2.18. The molecule has 1 amide bonds. The van der Waals surface area contributed by atoms with Crippen LogP contribution in [0.3, 0.4) is 0 Å². The van der Waals surface area contributed by atoms with Gasteiger partial charge in [-0.25, -0.2) is 4.79 Å². The smallest absolute Gasteiger partial charge is 0.417 e. The summed E-state index contributed by atoms with van der Waals surface area (Å²) in [6.07, 6.45) is -0.611. The average molecular weight is 334 g/mol. The Morgan fingerprint density at radius 2 is 1.56 bits per heavy atom. The lowest BCUT2D eigenvalue weighted by molar-refractivity contribution is 0.215. The maximum absolute atomic E-state index is 12.3. The van der Waals surface area contributed by atoms with Crippen LogP contribution < -0.4 is 20.5 Å². The second-order valence-corrected chi connectivity index (χ2v) is 5.33. The zero-order valence-electron chi connectivity index (χ0n) is 13.7. The first-order valence-corrected chi connectivity index (χ1v) is 7.74. The van der Waals surface area contributed by atoms with Crippen molar-refractivity contribution < 1.29 is 14.3 Å². The largest absolute Gasteiger partial charge is 0.497 e. The molecular weight excluding hydrogens is 316 g/mol. The predicted molar refractivity (Wildman–Crippen MR) is 98.9 cm³/mol. The van der Waals surface area contributed by atoms with Gasteiger partial charge in [0.25, 0.3) is 0 Å². The number of nitrogen functional groups attached to an aromatic ring is 1. The quantitative estimate of drug-likeness (QED) is 0.686. The molecule has 5 heteroatoms. The number of methoxy groups -OCH3 is 1. The van der Waals surface area contributed by atoms with Gasteiger partial charge in [-0.3, -0.25) is 5.32 Å². The van der Waals surface area contributed by atoms with Crippen molar-refractivity contribution >= 4 is 17.5 Å². The number of anilines is 2. The highest BCUT2D eigenvalue weighted by Crippen LogP contribution is 2.32. The van der Waals surface area contributed by atoms with Gasteiger partial charge in [0, 0.05) is 5.56 Å². The van der Waals surface area contributed by atoms with Crippen LogP contribution in [0.25, 0.3) is 11.1 Å². The van der Waals surface area contributed by atoms with Gasteiger partial charge in [0.15, 0.2) is 0 Å². The van der Waals surface area contributed by atoms with E-state index in [1.807, 2.05) is 42.5 Å². The Morgan fingerprint density at radius 1 is 0.880 bits per heavy atom. The molecule has 0 radical (unpaired) electrons. The fourth-order valence-corrected chi connectivity index (χ4v) is 2.45. The molecule has 0 saturated carbocycles. The number of para-hydroxylation sites is 1. The number of hydrogen-bond acceptors (Lipinski definition) is 4. The van der Waals surface area contributed by atoms with Crippen molar-refractivity contribution in [1.82, 2.24) is 0 Å². The highest BCUT2D eigenvalue weighted by molar-refractivity contribution is 5.97. The molecule has 0 aliphatic heterocycles. The molecule has 3 N–H and O–H groups in total. The summed E-state index contributed by atoms with van der Waals surface area (Å²) in [7, 11) is 1.58. The highest BCUT2D eigenvalue weighted by Gasteiger charge is 2.13. The molecule has 25 heavy (non-hydrogen) atoms. The third-order valence-corrected chi connectivity index (χ3v) is 3.68. The van der Waals surface area contributed by atoms with Gasteiger partial charge in [-0.1, -0.05) is 42.5 Å². The molecule has 0 saturated heterocycles. The van der Waals surface area contributed by atoms with Crippen LogP contribution in [0, 0.1) is 0 Å². The third-order valence-electron chi connectivity index (χ3n) is 3.68. The minimum atomic E-state index is -0.611. The molecule has 0 unspecified atom stereocenters. The van der Waals surface area contributed by atoms with Gasteiger partial charge in [0.05, 0.1) is 18.5 Å². The number of nitrogens with one attached hydrogen (secondary N) is 1. The van der Waals surface area contributed by atoms with E-state index in [1.54, 1.807) is 37.4 Å². The first kappa shape index (κ1) is 16.4. The number of ether oxygens (including phenoxy) is 2. The van der Waals surface area contributed by atoms with E-state index in [0.717, 1.165) is 11.1 Å². The summed E-state index contributed by atoms with van der Waals surface area (Å²) in [4.78, 5) is 12.3. The van der Waals surface area contributed by atoms with Gasteiger partial charge in [0.2, 0.25) is 0 Å². The zero-order valence-corrected chi connectivity index (χ0v) is 13.7. The van der Waals surface area contributed by atoms with Crippen LogP contribution in [0.4, 0.5) is 16.2 Å². The van der Waals surface area contributed by atoms with E-state index in [9.17, 15) is 4.79 Å². The summed E-state index contributed by atoms with van der Waals surface area (Å²) in [5.74, 6) is 1.10. The van der Waals surface area contributed by atoms with Gasteiger partial charge in [-0.15, -0.1) is 0 Å². The SMILES string of the molecule is COc1ccc(OC(=O)Nc2c(N)cccc2-c2ccccc2)cc1. The topological polar surface area (TPSA) is 73.6 Å². The minimum absolute atomic E-state index is 0.411. The average Bonchev–Trinajstić information content (AvgIpc) is 2.65. The van der Waals surface area contributed by atoms with Gasteiger partial charge < -0.3 is 15.2 Å². The molecule has 126 valence electrons. The van der Waals surface area contributed by atoms with E-state index in [-0.39, 0.29) is 0 Å². The predicted octanol–water partition coefficient (Wildman–Crippen LogP) is 4.56. The maximum Gasteiger partial charge on any atom is 0.417 e. The molecule has 3 aromatic carbocycles. The Labute approximate surface area is 146 Å². The number of amides is 1. The van der Waals surface area contributed by atoms with Crippen molar-refractivity contribution in [1.29, 1.82) is 0 Å². The Kier molecular flexibility index (Phi) is 4.85. The molecule has 0 aliphatic rings. The molecule has 0 heterocycles. The zero-order chi connectivity index (χ0) is 17.6. The van der Waals surface area contributed by atoms with Crippen LogP contribution in [0.5, 0.6) is 11.5 Å². The number of rotatable bonds is 4. The van der Waals surface area contributed by atoms with Gasteiger partial charge >= 0.3 is 6.09 Å². The van der Waals surface area contributed by atoms with Crippen molar-refractivity contribution in [3.63, 3.8) is 0 Å². The molecule has 0 bridgehead atoms. The minimum Gasteiger partial charge on any atom is -0.497 e. The van der Waals surface area contributed by atoms with E-state index in [4.69, 9.17) is 15.2 Å². The van der Waals surface area contributed by atoms with Gasteiger partial charge in [-0.05, 0) is 35.9 Å². The summed E-state index contributed by atoms with van der Waals surface area (Å²) < 4.78 is 10.4. The van der Waals surface area contributed by atoms with Gasteiger partial charge in [-0.2, -0.15) is 0 Å². The summed E-state index contributed by atoms with van der Waals surface area (Å²) in [5.41, 5.74) is 8.82. The lowest BCUT2D eigenvalue weighted by Gasteiger charge is -2.14. The summed E-state index contributed by atoms with van der Waals surface area (Å²) in [6.45, 7) is 0. The number of nitrogens with two attached hydrogens (primary N) is 1. The Bertz CT molecular complexity index is 862. The molecule has 0 spiro atoms. The number of carbonyl (C=O) groups excluding carboxylic acids is 1. The van der Waals surface area contributed by atoms with E-state index >= 15 is 0 Å². The summed E-state index contributed by atoms with van der Waals surface area (Å²) >= 11 is 0. The van der Waals surface area contributed by atoms with Crippen LogP contribution >= 0.6 is 0 Å². The third kappa shape index (κ3) is 3.90. The summed E-state index contributed by atoms with van der Waals surface area (Å²) in [5, 5.41) is 2.74. The standard InChI is InChI=1S/C20H18N2O3/c1-24-15-10-12-16(13-11-15)25-20(23)22-19-17(8-5-9-18(19)21)14-6-3-2-4-7-14/h2-13H,21H2,1H3,(H,22,23). The fourth-order valence-electron chi connectivity index (χ4n) is 2.45. The Hall–Kier alpha value is -3.47. The molecule has 5 nitrogen and oxygen atoms in total. The van der Waals surface area contributed by atoms with E-state index < -0.39 is 6.09 Å². The van der Waals surface area contributed by atoms with E-state index in [0.29, 0.717) is 22.9 Å². The second-order valence-electron chi connectivity index (χ2n) is 5.33. The highest BCUT2D eigenvalue weighted by atomic mass is 16.6. The first-order chi connectivity index (χ1) is 12.2. The molecular formula is C20H18N2O3. The van der Waals surface area contributed by atoms with E-state index in [2.05, 4.69) is 5.32 Å². The second kappa shape index (κ2) is 7.40. The molecule has 0 atom stereocenters. The summed E-state index contributed by atoms with van der Waals surface area (Å²) in [6, 6.07) is 21.9. The number of benzene rings is 3. The van der Waals surface area contributed by atoms with Crippen LogP contribution in [0.1, 0.15) is 0 Å². The molecule has 3 rings (SSSR count). The van der Waals surface area contributed by atoms with Crippen molar-refractivity contribution in [2.45, 2.75) is 0 Å². The fraction of sp³-hybridized carbons (Fsp3) is 0.0500. The molecule has 0 aromatic heterocycles. The van der Waals surface area contributed by atoms with Crippen LogP contribution in [0.2, 0.25) is 0 Å². The lowest BCUT2D eigenvalue weighted by atomic mass is 10.0. The van der Waals surface area contributed by atoms with Crippen LogP contribution in [-0.4, -0.2) is 13.2 Å². The first-order valence-electron chi connectivity index (χ1n) is 7.74. The van der Waals surface area contributed by atoms with Crippen LogP contribution in [-0.2, 0) is 0 Å². The van der Waals surface area contributed by atoms with Crippen molar-refractivity contribution in [2.24, 2.45) is 0 Å². The van der Waals surface area contributed by atoms with Crippen molar-refractivity contribution in [2.75, 3.05) is 18.2 Å². The normalized spacial score (nSPS) is 10.1. The van der Waals surface area contributed by atoms with Crippen molar-refractivity contribution in [3.8, 4) is 22.6 Å². The van der Waals surface area contributed by atoms with E-state index in [1.165, 1.54) is 0 Å². The van der Waals surface area contributed by atoms with Gasteiger partial charge in [0.1, 0.15) is 11.5 Å². The molecule has 3 aromatic rings. The Balaban J connectivity index is 1.81. The Morgan fingerprint density at radius 3 is 2.24 bits per heavy atom. The van der Waals surface area contributed by atoms with Crippen molar-refractivity contribution in [3.05, 3.63) is 72.8 Å². The number of hydrogen-bond donors (Lipinski definition) is 2. The molecule has 0 aliphatic carbocycles. The van der Waals surface area contributed by atoms with Crippen LogP contribution in [0.15, 0.2) is 72.8 Å². The molecule has 0 fully saturated rings. The maximum atomic E-state index is 12.3. The monoisotopic (exact) mass is 334 g/mol.